The fraction of sp³-hybridized carbons (Fsp3) is 0.346. The average Bonchev–Trinajstić information content (AvgIpc) is 3.43. The van der Waals surface area contributed by atoms with Gasteiger partial charge in [-0.3, -0.25) is 19.6 Å². The van der Waals surface area contributed by atoms with E-state index in [0.29, 0.717) is 11.6 Å². The Morgan fingerprint density at radius 1 is 1.06 bits per heavy atom. The van der Waals surface area contributed by atoms with Crippen molar-refractivity contribution in [1.82, 2.24) is 21.0 Å². The molecule has 1 aliphatic heterocycles. The monoisotopic (exact) mass is 478 g/mol. The van der Waals surface area contributed by atoms with Gasteiger partial charge in [-0.05, 0) is 55.3 Å². The number of rotatable bonds is 7. The van der Waals surface area contributed by atoms with Gasteiger partial charge >= 0.3 is 0 Å². The summed E-state index contributed by atoms with van der Waals surface area (Å²) in [6.07, 6.45) is 1.04. The van der Waals surface area contributed by atoms with Crippen LogP contribution in [0.4, 0.5) is 0 Å². The molecular formula is C26H30N4O5. The summed E-state index contributed by atoms with van der Waals surface area (Å²) in [5, 5.41) is 14.9. The molecule has 1 fully saturated rings. The lowest BCUT2D eigenvalue weighted by atomic mass is 9.96. The van der Waals surface area contributed by atoms with Crippen molar-refractivity contribution < 1.29 is 24.3 Å². The summed E-state index contributed by atoms with van der Waals surface area (Å²) in [6.45, 7) is 3.61. The molecule has 0 saturated carbocycles. The highest BCUT2D eigenvalue weighted by Gasteiger charge is 2.47. The van der Waals surface area contributed by atoms with Crippen LogP contribution >= 0.6 is 0 Å². The highest BCUT2D eigenvalue weighted by atomic mass is 16.5. The third-order valence-corrected chi connectivity index (χ3v) is 6.15. The van der Waals surface area contributed by atoms with Crippen molar-refractivity contribution in [3.8, 4) is 11.8 Å². The number of nitrogens with one attached hydrogen (secondary N) is 3. The molecule has 1 aliphatic rings. The van der Waals surface area contributed by atoms with Gasteiger partial charge in [-0.25, -0.2) is 5.48 Å². The van der Waals surface area contributed by atoms with Crippen LogP contribution in [0.15, 0.2) is 48.5 Å². The fourth-order valence-corrected chi connectivity index (χ4v) is 3.66. The van der Waals surface area contributed by atoms with Crippen molar-refractivity contribution in [1.29, 1.82) is 0 Å². The summed E-state index contributed by atoms with van der Waals surface area (Å²) < 4.78 is 5.37. The summed E-state index contributed by atoms with van der Waals surface area (Å²) in [7, 11) is 2.66. The zero-order valence-electron chi connectivity index (χ0n) is 20.1. The number of carbonyl (C=O) groups is 3. The molecule has 3 amide bonds. The number of ether oxygens (including phenoxy) is 1. The molecule has 2 unspecified atom stereocenters. The lowest BCUT2D eigenvalue weighted by molar-refractivity contribution is -0.148. The predicted molar refractivity (Wildman–Crippen MR) is 129 cm³/mol. The Morgan fingerprint density at radius 2 is 1.66 bits per heavy atom. The van der Waals surface area contributed by atoms with Crippen molar-refractivity contribution in [2.75, 3.05) is 27.3 Å². The number of carbonyl (C=O) groups excluding carboxylic acids is 3. The lowest BCUT2D eigenvalue weighted by Gasteiger charge is -2.34. The number of hydroxylamine groups is 1. The molecule has 9 heteroatoms. The number of hydrogen-bond acceptors (Lipinski definition) is 6. The number of likely N-dealkylation sites (N-methyl/N-ethyl adjacent to an activating group) is 2. The Kier molecular flexibility index (Phi) is 8.60. The molecule has 0 radical (unpaired) electrons. The van der Waals surface area contributed by atoms with Gasteiger partial charge in [-0.2, -0.15) is 0 Å². The molecular weight excluding hydrogens is 448 g/mol. The quantitative estimate of drug-likeness (QED) is 0.204. The van der Waals surface area contributed by atoms with Crippen LogP contribution in [0.25, 0.3) is 0 Å². The SMILES string of the molecule is CNC(=O)C(C)(C(=O)NO)N(C)C(=O)c1ccc(C#Cc2ccc(CNC3CCOC3)cc2)cc1. The Hall–Kier alpha value is -3.71. The van der Waals surface area contributed by atoms with Crippen LogP contribution in [0.5, 0.6) is 0 Å². The molecule has 1 heterocycles. The minimum atomic E-state index is -1.94. The first-order chi connectivity index (χ1) is 16.8. The van der Waals surface area contributed by atoms with E-state index in [1.165, 1.54) is 32.1 Å². The van der Waals surface area contributed by atoms with E-state index >= 15 is 0 Å². The van der Waals surface area contributed by atoms with Crippen LogP contribution in [0.1, 0.15) is 40.4 Å². The van der Waals surface area contributed by atoms with E-state index in [2.05, 4.69) is 22.5 Å². The second-order valence-electron chi connectivity index (χ2n) is 8.42. The lowest BCUT2D eigenvalue weighted by Crippen LogP contribution is -2.64. The molecule has 35 heavy (non-hydrogen) atoms. The van der Waals surface area contributed by atoms with E-state index in [9.17, 15) is 14.4 Å². The van der Waals surface area contributed by atoms with Gasteiger partial charge in [-0.1, -0.05) is 24.0 Å². The molecule has 0 aliphatic carbocycles. The van der Waals surface area contributed by atoms with Crippen LogP contribution in [-0.2, 0) is 20.9 Å². The second-order valence-corrected chi connectivity index (χ2v) is 8.42. The Labute approximate surface area is 204 Å². The van der Waals surface area contributed by atoms with Gasteiger partial charge in [0.25, 0.3) is 17.7 Å². The highest BCUT2D eigenvalue weighted by molar-refractivity contribution is 6.12. The van der Waals surface area contributed by atoms with Crippen molar-refractivity contribution in [3.05, 3.63) is 70.8 Å². The molecule has 0 aromatic heterocycles. The molecule has 2 atom stereocenters. The van der Waals surface area contributed by atoms with Gasteiger partial charge in [0.15, 0.2) is 5.54 Å². The van der Waals surface area contributed by atoms with Crippen LogP contribution < -0.4 is 16.1 Å². The Balaban J connectivity index is 1.65. The maximum Gasteiger partial charge on any atom is 0.278 e. The number of nitrogens with zero attached hydrogens (tertiary/aromatic N) is 1. The summed E-state index contributed by atoms with van der Waals surface area (Å²) in [5.74, 6) is 3.85. The van der Waals surface area contributed by atoms with Crippen molar-refractivity contribution in [2.45, 2.75) is 31.5 Å². The molecule has 2 aromatic carbocycles. The van der Waals surface area contributed by atoms with Crippen LogP contribution in [-0.4, -0.2) is 66.7 Å². The molecule has 0 spiro atoms. The molecule has 9 nitrogen and oxygen atoms in total. The van der Waals surface area contributed by atoms with Crippen LogP contribution in [0.3, 0.4) is 0 Å². The molecule has 184 valence electrons. The van der Waals surface area contributed by atoms with Gasteiger partial charge in [-0.15, -0.1) is 0 Å². The largest absolute Gasteiger partial charge is 0.380 e. The predicted octanol–water partition coefficient (Wildman–Crippen LogP) is 1.05. The molecule has 3 rings (SSSR count). The zero-order valence-corrected chi connectivity index (χ0v) is 20.1. The number of amides is 3. The Bertz CT molecular complexity index is 1100. The van der Waals surface area contributed by atoms with E-state index in [1.54, 1.807) is 24.3 Å². The van der Waals surface area contributed by atoms with E-state index in [1.807, 2.05) is 24.3 Å². The smallest absolute Gasteiger partial charge is 0.278 e. The standard InChI is InChI=1S/C26H30N4O5/c1-26(24(32)27-2,25(33)29-34)30(3)23(31)21-12-10-19(11-13-21)5-4-18-6-8-20(9-7-18)16-28-22-14-15-35-17-22/h6-13,22,28,34H,14-17H2,1-3H3,(H,27,32)(H,29,33). The Morgan fingerprint density at radius 3 is 2.17 bits per heavy atom. The second kappa shape index (κ2) is 11.6. The normalized spacial score (nSPS) is 16.4. The van der Waals surface area contributed by atoms with Crippen LogP contribution in [0, 0.1) is 11.8 Å². The van der Waals surface area contributed by atoms with E-state index in [4.69, 9.17) is 9.94 Å². The maximum absolute atomic E-state index is 12.9. The third kappa shape index (κ3) is 6.05. The first-order valence-electron chi connectivity index (χ1n) is 11.3. The molecule has 1 saturated heterocycles. The molecule has 0 bridgehead atoms. The number of hydrogen-bond donors (Lipinski definition) is 4. The van der Waals surface area contributed by atoms with E-state index in [-0.39, 0.29) is 5.56 Å². The van der Waals surface area contributed by atoms with Gasteiger partial charge in [0.05, 0.1) is 6.61 Å². The van der Waals surface area contributed by atoms with Gasteiger partial charge in [0.1, 0.15) is 0 Å². The summed E-state index contributed by atoms with van der Waals surface area (Å²) >= 11 is 0. The minimum absolute atomic E-state index is 0.267. The third-order valence-electron chi connectivity index (χ3n) is 6.15. The minimum Gasteiger partial charge on any atom is -0.380 e. The van der Waals surface area contributed by atoms with Crippen molar-refractivity contribution >= 4 is 17.7 Å². The first kappa shape index (κ1) is 25.9. The summed E-state index contributed by atoms with van der Waals surface area (Å²) in [6, 6.07) is 15.0. The zero-order chi connectivity index (χ0) is 25.4. The average molecular weight is 479 g/mol. The van der Waals surface area contributed by atoms with Crippen LogP contribution in [0.2, 0.25) is 0 Å². The van der Waals surface area contributed by atoms with Crippen molar-refractivity contribution in [3.63, 3.8) is 0 Å². The summed E-state index contributed by atoms with van der Waals surface area (Å²) in [4.78, 5) is 38.4. The molecule has 2 aromatic rings. The maximum atomic E-state index is 12.9. The molecule has 4 N–H and O–H groups in total. The van der Waals surface area contributed by atoms with Gasteiger partial charge < -0.3 is 20.3 Å². The summed E-state index contributed by atoms with van der Waals surface area (Å²) in [5.41, 5.74) is 2.53. The first-order valence-corrected chi connectivity index (χ1v) is 11.3. The van der Waals surface area contributed by atoms with Gasteiger partial charge in [0, 0.05) is 50.0 Å². The fourth-order valence-electron chi connectivity index (χ4n) is 3.66. The van der Waals surface area contributed by atoms with Crippen molar-refractivity contribution in [2.24, 2.45) is 0 Å². The van der Waals surface area contributed by atoms with E-state index in [0.717, 1.165) is 36.6 Å². The number of benzene rings is 2. The topological polar surface area (TPSA) is 120 Å². The van der Waals surface area contributed by atoms with Gasteiger partial charge in [0.2, 0.25) is 0 Å². The highest BCUT2D eigenvalue weighted by Crippen LogP contribution is 2.18. The van der Waals surface area contributed by atoms with E-state index < -0.39 is 23.3 Å².